The second kappa shape index (κ2) is 5.80. The molecule has 3 nitrogen and oxygen atoms in total. The van der Waals surface area contributed by atoms with E-state index in [0.29, 0.717) is 0 Å². The van der Waals surface area contributed by atoms with Crippen LogP contribution in [-0.4, -0.2) is 14.6 Å². The molecule has 0 aliphatic rings. The van der Waals surface area contributed by atoms with Crippen LogP contribution in [0.1, 0.15) is 5.56 Å². The van der Waals surface area contributed by atoms with Crippen molar-refractivity contribution in [1.82, 2.24) is 0 Å². The Morgan fingerprint density at radius 1 is 1.11 bits per heavy atom. The van der Waals surface area contributed by atoms with Crippen molar-refractivity contribution in [3.05, 3.63) is 54.1 Å². The van der Waals surface area contributed by atoms with Crippen LogP contribution in [0.5, 0.6) is 0 Å². The number of hydrogen-bond acceptors (Lipinski definition) is 3. The maximum Gasteiger partial charge on any atom is 0.0777 e. The molecule has 0 saturated carbocycles. The van der Waals surface area contributed by atoms with Gasteiger partial charge in [0.2, 0.25) is 0 Å². The summed E-state index contributed by atoms with van der Waals surface area (Å²) in [4.78, 5) is 0. The van der Waals surface area contributed by atoms with E-state index in [1.54, 1.807) is 0 Å². The van der Waals surface area contributed by atoms with Gasteiger partial charge in [-0.25, -0.2) is 0 Å². The number of nitrogens with one attached hydrogen (secondary N) is 1. The highest BCUT2D eigenvalue weighted by Crippen LogP contribution is 2.22. The molecule has 1 unspecified atom stereocenters. The van der Waals surface area contributed by atoms with Crippen LogP contribution < -0.4 is 5.32 Å². The third-order valence-electron chi connectivity index (χ3n) is 2.64. The molecule has 1 N–H and O–H groups in total. The number of rotatable bonds is 4. The molecule has 0 bridgehead atoms. The van der Waals surface area contributed by atoms with E-state index in [0.717, 1.165) is 16.8 Å². The van der Waals surface area contributed by atoms with Crippen LogP contribution >= 0.6 is 0 Å². The summed E-state index contributed by atoms with van der Waals surface area (Å²) in [7, 11) is 0. The minimum absolute atomic E-state index is 0.0721. The lowest BCUT2D eigenvalue weighted by molar-refractivity contribution is 0.539. The summed E-state index contributed by atoms with van der Waals surface area (Å²) < 4.78 is 21.0. The average Bonchev–Trinajstić information content (AvgIpc) is 2.37. The SMILES string of the molecule is Cc1ccc(-c2cccc(NCS(=O)[O-])c2)cc1. The first-order chi connectivity index (χ1) is 8.65. The van der Waals surface area contributed by atoms with Crippen LogP contribution in [0.25, 0.3) is 11.1 Å². The van der Waals surface area contributed by atoms with Gasteiger partial charge in [-0.15, -0.1) is 0 Å². The van der Waals surface area contributed by atoms with Gasteiger partial charge in [0, 0.05) is 5.69 Å². The lowest BCUT2D eigenvalue weighted by Gasteiger charge is -2.10. The Balaban J connectivity index is 2.21. The predicted molar refractivity (Wildman–Crippen MR) is 74.0 cm³/mol. The Bertz CT molecular complexity index is 552. The fourth-order valence-electron chi connectivity index (χ4n) is 1.70. The first kappa shape index (κ1) is 12.8. The summed E-state index contributed by atoms with van der Waals surface area (Å²) in [6.07, 6.45) is 0. The highest BCUT2D eigenvalue weighted by atomic mass is 32.2. The fraction of sp³-hybridized carbons (Fsp3) is 0.143. The molecule has 0 radical (unpaired) electrons. The van der Waals surface area contributed by atoms with Gasteiger partial charge < -0.3 is 9.87 Å². The van der Waals surface area contributed by atoms with E-state index in [1.165, 1.54) is 5.56 Å². The Morgan fingerprint density at radius 3 is 2.50 bits per heavy atom. The molecule has 2 aromatic carbocycles. The molecule has 0 saturated heterocycles. The van der Waals surface area contributed by atoms with Crippen LogP contribution in [0.2, 0.25) is 0 Å². The summed E-state index contributed by atoms with van der Waals surface area (Å²) in [5, 5.41) is 2.85. The molecule has 2 aromatic rings. The predicted octanol–water partition coefficient (Wildman–Crippen LogP) is 2.91. The van der Waals surface area contributed by atoms with Gasteiger partial charge in [0.15, 0.2) is 0 Å². The Morgan fingerprint density at radius 2 is 1.83 bits per heavy atom. The molecule has 0 spiro atoms. The Hall–Kier alpha value is -1.65. The van der Waals surface area contributed by atoms with E-state index in [1.807, 2.05) is 31.2 Å². The van der Waals surface area contributed by atoms with Crippen molar-refractivity contribution < 1.29 is 8.76 Å². The molecule has 4 heteroatoms. The van der Waals surface area contributed by atoms with Crippen molar-refractivity contribution in [2.45, 2.75) is 6.92 Å². The highest BCUT2D eigenvalue weighted by Gasteiger charge is 1.98. The standard InChI is InChI=1S/C14H15NO2S/c1-11-5-7-12(8-6-11)13-3-2-4-14(9-13)15-10-18(16)17/h2-9,15H,10H2,1H3,(H,16,17)/p-1. The highest BCUT2D eigenvalue weighted by molar-refractivity contribution is 7.79. The summed E-state index contributed by atoms with van der Waals surface area (Å²) in [6, 6.07) is 15.9. The molecule has 0 heterocycles. The number of anilines is 1. The first-order valence-corrected chi connectivity index (χ1v) is 6.86. The van der Waals surface area contributed by atoms with Crippen LogP contribution in [0.3, 0.4) is 0 Å². The van der Waals surface area contributed by atoms with Gasteiger partial charge in [0.25, 0.3) is 0 Å². The number of aryl methyl sites for hydroxylation is 1. The van der Waals surface area contributed by atoms with Crippen molar-refractivity contribution in [3.8, 4) is 11.1 Å². The van der Waals surface area contributed by atoms with Crippen molar-refractivity contribution in [2.75, 3.05) is 11.2 Å². The van der Waals surface area contributed by atoms with Crippen LogP contribution in [-0.2, 0) is 11.1 Å². The van der Waals surface area contributed by atoms with Crippen molar-refractivity contribution in [2.24, 2.45) is 0 Å². The van der Waals surface area contributed by atoms with Gasteiger partial charge in [-0.2, -0.15) is 0 Å². The molecule has 0 aliphatic carbocycles. The van der Waals surface area contributed by atoms with E-state index in [-0.39, 0.29) is 5.88 Å². The monoisotopic (exact) mass is 260 g/mol. The fourth-order valence-corrected chi connectivity index (χ4v) is 1.98. The van der Waals surface area contributed by atoms with Gasteiger partial charge in [0.1, 0.15) is 0 Å². The molecule has 94 valence electrons. The van der Waals surface area contributed by atoms with Crippen molar-refractivity contribution in [1.29, 1.82) is 0 Å². The quantitative estimate of drug-likeness (QED) is 0.860. The number of benzene rings is 2. The summed E-state index contributed by atoms with van der Waals surface area (Å²) in [6.45, 7) is 2.05. The van der Waals surface area contributed by atoms with E-state index in [4.69, 9.17) is 0 Å². The summed E-state index contributed by atoms with van der Waals surface area (Å²) in [5.74, 6) is -0.0721. The zero-order valence-electron chi connectivity index (χ0n) is 10.1. The third kappa shape index (κ3) is 3.42. The van der Waals surface area contributed by atoms with Gasteiger partial charge in [0.05, 0.1) is 5.88 Å². The second-order valence-electron chi connectivity index (χ2n) is 4.07. The minimum atomic E-state index is -2.08. The normalized spacial score (nSPS) is 12.1. The molecular formula is C14H14NO2S-. The first-order valence-electron chi connectivity index (χ1n) is 5.62. The van der Waals surface area contributed by atoms with Gasteiger partial charge in [-0.3, -0.25) is 4.21 Å². The number of hydrogen-bond donors (Lipinski definition) is 1. The van der Waals surface area contributed by atoms with Gasteiger partial charge in [-0.1, -0.05) is 42.0 Å². The molecule has 1 atom stereocenters. The van der Waals surface area contributed by atoms with Crippen molar-refractivity contribution >= 4 is 16.8 Å². The van der Waals surface area contributed by atoms with Crippen LogP contribution in [0.4, 0.5) is 5.69 Å². The van der Waals surface area contributed by atoms with E-state index in [2.05, 4.69) is 29.6 Å². The van der Waals surface area contributed by atoms with E-state index in [9.17, 15) is 8.76 Å². The maximum absolute atomic E-state index is 10.5. The molecule has 0 amide bonds. The molecular weight excluding hydrogens is 246 g/mol. The Labute approximate surface area is 109 Å². The lowest BCUT2D eigenvalue weighted by Crippen LogP contribution is -2.06. The van der Waals surface area contributed by atoms with E-state index >= 15 is 0 Å². The summed E-state index contributed by atoms with van der Waals surface area (Å²) >= 11 is -2.08. The molecule has 0 aromatic heterocycles. The van der Waals surface area contributed by atoms with Crippen molar-refractivity contribution in [3.63, 3.8) is 0 Å². The maximum atomic E-state index is 10.5. The molecule has 18 heavy (non-hydrogen) atoms. The summed E-state index contributed by atoms with van der Waals surface area (Å²) in [5.41, 5.74) is 4.20. The molecule has 0 aliphatic heterocycles. The zero-order chi connectivity index (χ0) is 13.0. The molecule has 0 fully saturated rings. The zero-order valence-corrected chi connectivity index (χ0v) is 10.9. The van der Waals surface area contributed by atoms with E-state index < -0.39 is 11.1 Å². The molecule has 2 rings (SSSR count). The van der Waals surface area contributed by atoms with Gasteiger partial charge >= 0.3 is 0 Å². The smallest absolute Gasteiger partial charge is 0.0777 e. The third-order valence-corrected chi connectivity index (χ3v) is 3.02. The minimum Gasteiger partial charge on any atom is -0.771 e. The largest absolute Gasteiger partial charge is 0.771 e. The topological polar surface area (TPSA) is 52.2 Å². The lowest BCUT2D eigenvalue weighted by atomic mass is 10.0. The Kier molecular flexibility index (Phi) is 4.12. The van der Waals surface area contributed by atoms with Gasteiger partial charge in [-0.05, 0) is 41.3 Å². The van der Waals surface area contributed by atoms with Crippen LogP contribution in [0.15, 0.2) is 48.5 Å². The van der Waals surface area contributed by atoms with Crippen LogP contribution in [0, 0.1) is 6.92 Å². The average molecular weight is 260 g/mol. The second-order valence-corrected chi connectivity index (χ2v) is 4.97.